The third-order valence-electron chi connectivity index (χ3n) is 3.14. The van der Waals surface area contributed by atoms with E-state index in [0.717, 1.165) is 0 Å². The van der Waals surface area contributed by atoms with Crippen molar-refractivity contribution < 1.29 is 14.3 Å². The van der Waals surface area contributed by atoms with Crippen LogP contribution in [0.4, 0.5) is 11.4 Å². The summed E-state index contributed by atoms with van der Waals surface area (Å²) in [6.45, 7) is 3.96. The molecule has 2 unspecified atom stereocenters. The van der Waals surface area contributed by atoms with Crippen molar-refractivity contribution in [3.8, 4) is 0 Å². The molecule has 1 aromatic rings. The van der Waals surface area contributed by atoms with E-state index in [1.807, 2.05) is 13.8 Å². The predicted molar refractivity (Wildman–Crippen MR) is 73.7 cm³/mol. The maximum atomic E-state index is 12.1. The van der Waals surface area contributed by atoms with Crippen LogP contribution in [0.3, 0.4) is 0 Å². The van der Waals surface area contributed by atoms with E-state index in [9.17, 15) is 4.79 Å². The maximum absolute atomic E-state index is 12.1. The fourth-order valence-corrected chi connectivity index (χ4v) is 2.45. The van der Waals surface area contributed by atoms with Gasteiger partial charge in [0.15, 0.2) is 0 Å². The number of hydrogen-bond acceptors (Lipinski definition) is 5. The molecule has 2 atom stereocenters. The molecule has 0 saturated carbocycles. The van der Waals surface area contributed by atoms with Gasteiger partial charge in [-0.2, -0.15) is 0 Å². The van der Waals surface area contributed by atoms with E-state index in [0.29, 0.717) is 29.8 Å². The smallest absolute Gasteiger partial charge is 0.338 e. The molecule has 5 nitrogen and oxygen atoms in total. The molecule has 19 heavy (non-hydrogen) atoms. The van der Waals surface area contributed by atoms with Gasteiger partial charge in [0.1, 0.15) is 6.10 Å². The summed E-state index contributed by atoms with van der Waals surface area (Å²) in [7, 11) is 0. The van der Waals surface area contributed by atoms with Crippen LogP contribution in [-0.2, 0) is 9.47 Å². The second kappa shape index (κ2) is 5.48. The molecule has 1 heterocycles. The molecule has 2 rings (SSSR count). The lowest BCUT2D eigenvalue weighted by molar-refractivity contribution is -0.0855. The molecule has 1 aliphatic rings. The van der Waals surface area contributed by atoms with Crippen LogP contribution in [0.5, 0.6) is 0 Å². The van der Waals surface area contributed by atoms with Crippen LogP contribution in [0.2, 0.25) is 0 Å². The van der Waals surface area contributed by atoms with Crippen LogP contribution in [-0.4, -0.2) is 24.3 Å². The second-order valence-electron chi connectivity index (χ2n) is 5.14. The lowest BCUT2D eigenvalue weighted by atomic mass is 10.0. The Kier molecular flexibility index (Phi) is 3.95. The first kappa shape index (κ1) is 13.7. The van der Waals surface area contributed by atoms with Gasteiger partial charge in [-0.15, -0.1) is 0 Å². The Hall–Kier alpha value is -1.75. The van der Waals surface area contributed by atoms with Gasteiger partial charge in [0.05, 0.1) is 17.8 Å². The van der Waals surface area contributed by atoms with Crippen molar-refractivity contribution in [2.24, 2.45) is 0 Å². The van der Waals surface area contributed by atoms with Gasteiger partial charge in [0, 0.05) is 24.2 Å². The molecule has 5 heteroatoms. The van der Waals surface area contributed by atoms with Gasteiger partial charge in [-0.3, -0.25) is 0 Å². The van der Waals surface area contributed by atoms with Crippen molar-refractivity contribution >= 4 is 17.3 Å². The molecule has 0 aliphatic carbocycles. The quantitative estimate of drug-likeness (QED) is 0.629. The van der Waals surface area contributed by atoms with Crippen LogP contribution in [0.15, 0.2) is 18.2 Å². The summed E-state index contributed by atoms with van der Waals surface area (Å²) in [5, 5.41) is 0. The van der Waals surface area contributed by atoms with Crippen molar-refractivity contribution in [3.63, 3.8) is 0 Å². The number of rotatable bonds is 2. The molecule has 0 aromatic heterocycles. The monoisotopic (exact) mass is 264 g/mol. The molecule has 104 valence electrons. The number of anilines is 2. The Bertz CT molecular complexity index is 446. The zero-order chi connectivity index (χ0) is 14.0. The minimum atomic E-state index is -0.384. The van der Waals surface area contributed by atoms with Crippen LogP contribution >= 0.6 is 0 Å². The average molecular weight is 264 g/mol. The first-order valence-corrected chi connectivity index (χ1v) is 6.46. The number of esters is 1. The molecule has 0 spiro atoms. The van der Waals surface area contributed by atoms with Gasteiger partial charge in [-0.1, -0.05) is 0 Å². The molecule has 0 bridgehead atoms. The highest BCUT2D eigenvalue weighted by atomic mass is 16.6. The summed E-state index contributed by atoms with van der Waals surface area (Å²) in [5.74, 6) is -0.384. The molecule has 1 aliphatic heterocycles. The predicted octanol–water partition coefficient (Wildman–Crippen LogP) is 1.96. The molecule has 4 N–H and O–H groups in total. The Labute approximate surface area is 112 Å². The summed E-state index contributed by atoms with van der Waals surface area (Å²) in [4.78, 5) is 12.1. The lowest BCUT2D eigenvalue weighted by Gasteiger charge is -2.31. The lowest BCUT2D eigenvalue weighted by Crippen LogP contribution is -2.35. The van der Waals surface area contributed by atoms with Gasteiger partial charge in [0.2, 0.25) is 0 Å². The van der Waals surface area contributed by atoms with Crippen molar-refractivity contribution in [1.29, 1.82) is 0 Å². The molecule has 0 amide bonds. The third-order valence-corrected chi connectivity index (χ3v) is 3.14. The van der Waals surface area contributed by atoms with Gasteiger partial charge in [-0.25, -0.2) is 4.79 Å². The fourth-order valence-electron chi connectivity index (χ4n) is 2.45. The Balaban J connectivity index is 2.04. The SMILES string of the molecule is CC1CC(OC(=O)c2cc(N)cc(N)c2)CC(C)O1. The van der Waals surface area contributed by atoms with Crippen molar-refractivity contribution in [1.82, 2.24) is 0 Å². The number of benzene rings is 1. The molecule has 1 saturated heterocycles. The largest absolute Gasteiger partial charge is 0.459 e. The molecule has 0 radical (unpaired) electrons. The molecular weight excluding hydrogens is 244 g/mol. The third kappa shape index (κ3) is 3.61. The first-order chi connectivity index (χ1) is 8.94. The standard InChI is InChI=1S/C14H20N2O3/c1-8-3-13(4-9(2)18-8)19-14(17)10-5-11(15)7-12(16)6-10/h5-9,13H,3-4,15-16H2,1-2H3. The van der Waals surface area contributed by atoms with E-state index < -0.39 is 0 Å². The second-order valence-corrected chi connectivity index (χ2v) is 5.14. The summed E-state index contributed by atoms with van der Waals surface area (Å²) >= 11 is 0. The van der Waals surface area contributed by atoms with E-state index in [1.54, 1.807) is 18.2 Å². The van der Waals surface area contributed by atoms with Crippen molar-refractivity contribution in [2.75, 3.05) is 11.5 Å². The van der Waals surface area contributed by atoms with Crippen molar-refractivity contribution in [2.45, 2.75) is 45.0 Å². The molecule has 1 aromatic carbocycles. The average Bonchev–Trinajstić information content (AvgIpc) is 2.25. The summed E-state index contributed by atoms with van der Waals surface area (Å²) in [6, 6.07) is 4.76. The van der Waals surface area contributed by atoms with E-state index in [1.165, 1.54) is 0 Å². The number of nitrogen functional groups attached to an aromatic ring is 2. The van der Waals surface area contributed by atoms with Gasteiger partial charge in [-0.05, 0) is 32.0 Å². The van der Waals surface area contributed by atoms with Crippen LogP contribution in [0, 0.1) is 0 Å². The van der Waals surface area contributed by atoms with Crippen molar-refractivity contribution in [3.05, 3.63) is 23.8 Å². The fraction of sp³-hybridized carbons (Fsp3) is 0.500. The topological polar surface area (TPSA) is 87.6 Å². The van der Waals surface area contributed by atoms with E-state index in [2.05, 4.69) is 0 Å². The van der Waals surface area contributed by atoms with Gasteiger partial charge < -0.3 is 20.9 Å². The number of ether oxygens (including phenoxy) is 2. The highest BCUT2D eigenvalue weighted by Crippen LogP contribution is 2.23. The Morgan fingerprint density at radius 2 is 1.68 bits per heavy atom. The minimum Gasteiger partial charge on any atom is -0.459 e. The zero-order valence-electron chi connectivity index (χ0n) is 11.3. The number of carbonyl (C=O) groups excluding carboxylic acids is 1. The summed E-state index contributed by atoms with van der Waals surface area (Å²) < 4.78 is 11.1. The number of carbonyl (C=O) groups is 1. The number of nitrogens with two attached hydrogens (primary N) is 2. The number of hydrogen-bond donors (Lipinski definition) is 2. The van der Waals surface area contributed by atoms with Crippen LogP contribution < -0.4 is 11.5 Å². The summed E-state index contributed by atoms with van der Waals surface area (Å²) in [6.07, 6.45) is 1.52. The van der Waals surface area contributed by atoms with E-state index in [-0.39, 0.29) is 24.3 Å². The zero-order valence-corrected chi connectivity index (χ0v) is 11.3. The highest BCUT2D eigenvalue weighted by Gasteiger charge is 2.27. The Morgan fingerprint density at radius 3 is 2.21 bits per heavy atom. The summed E-state index contributed by atoms with van der Waals surface area (Å²) in [5.41, 5.74) is 12.6. The van der Waals surface area contributed by atoms with Crippen LogP contribution in [0.1, 0.15) is 37.0 Å². The van der Waals surface area contributed by atoms with Crippen LogP contribution in [0.25, 0.3) is 0 Å². The van der Waals surface area contributed by atoms with Gasteiger partial charge in [0.25, 0.3) is 0 Å². The highest BCUT2D eigenvalue weighted by molar-refractivity contribution is 5.91. The van der Waals surface area contributed by atoms with E-state index in [4.69, 9.17) is 20.9 Å². The Morgan fingerprint density at radius 1 is 1.16 bits per heavy atom. The molecular formula is C14H20N2O3. The van der Waals surface area contributed by atoms with Gasteiger partial charge >= 0.3 is 5.97 Å². The first-order valence-electron chi connectivity index (χ1n) is 6.46. The maximum Gasteiger partial charge on any atom is 0.338 e. The van der Waals surface area contributed by atoms with E-state index >= 15 is 0 Å². The molecule has 1 fully saturated rings. The minimum absolute atomic E-state index is 0.104. The normalized spacial score (nSPS) is 26.9.